The third-order valence-electron chi connectivity index (χ3n) is 3.03. The normalized spacial score (nSPS) is 10.9. The van der Waals surface area contributed by atoms with E-state index >= 15 is 0 Å². The van der Waals surface area contributed by atoms with Crippen LogP contribution in [0.3, 0.4) is 0 Å². The van der Waals surface area contributed by atoms with E-state index in [1.165, 1.54) is 0 Å². The number of aryl methyl sites for hydroxylation is 1. The Labute approximate surface area is 122 Å². The van der Waals surface area contributed by atoms with Crippen LogP contribution < -0.4 is 5.32 Å². The Bertz CT molecular complexity index is 610. The van der Waals surface area contributed by atoms with Crippen LogP contribution in [-0.4, -0.2) is 35.7 Å². The van der Waals surface area contributed by atoms with Crippen LogP contribution in [0.5, 0.6) is 0 Å². The number of nitrogens with one attached hydrogen (secondary N) is 1. The maximum absolute atomic E-state index is 11.9. The van der Waals surface area contributed by atoms with Crippen molar-refractivity contribution in [3.63, 3.8) is 0 Å². The highest BCUT2D eigenvalue weighted by atomic mass is 35.5. The summed E-state index contributed by atoms with van der Waals surface area (Å²) in [6, 6.07) is 5.96. The number of aromatic nitrogens is 2. The van der Waals surface area contributed by atoms with Gasteiger partial charge in [0, 0.05) is 13.7 Å². The second-order valence-electron chi connectivity index (χ2n) is 4.58. The molecule has 0 unspecified atom stereocenters. The van der Waals surface area contributed by atoms with E-state index in [2.05, 4.69) is 10.3 Å². The first-order chi connectivity index (χ1) is 9.65. The number of fused-ring (bicyclic) bond motifs is 1. The summed E-state index contributed by atoms with van der Waals surface area (Å²) in [5, 5.41) is 2.80. The minimum Gasteiger partial charge on any atom is -0.383 e. The molecule has 0 saturated heterocycles. The van der Waals surface area contributed by atoms with Crippen molar-refractivity contribution in [2.75, 3.05) is 20.3 Å². The molecule has 0 radical (unpaired) electrons. The fourth-order valence-electron chi connectivity index (χ4n) is 2.05. The first kappa shape index (κ1) is 14.8. The monoisotopic (exact) mass is 295 g/mol. The predicted octanol–water partition coefficient (Wildman–Crippen LogP) is 1.85. The molecule has 2 aromatic rings. The fourth-order valence-corrected chi connectivity index (χ4v) is 2.26. The number of hydrogen-bond acceptors (Lipinski definition) is 3. The van der Waals surface area contributed by atoms with Crippen LogP contribution in [0.15, 0.2) is 18.2 Å². The maximum atomic E-state index is 11.9. The highest BCUT2D eigenvalue weighted by Gasteiger charge is 2.13. The standard InChI is InChI=1S/C14H18ClN3O2/c1-10-3-4-11-12(7-10)18(13(8-15)17-11)9-14(19)16-5-6-20-2/h3-4,7H,5-6,8-9H2,1-2H3,(H,16,19). The van der Waals surface area contributed by atoms with E-state index in [4.69, 9.17) is 16.3 Å². The van der Waals surface area contributed by atoms with Gasteiger partial charge in [-0.25, -0.2) is 4.98 Å². The number of rotatable bonds is 6. The first-order valence-corrected chi connectivity index (χ1v) is 6.96. The first-order valence-electron chi connectivity index (χ1n) is 6.43. The molecule has 0 bridgehead atoms. The molecule has 0 atom stereocenters. The largest absolute Gasteiger partial charge is 0.383 e. The zero-order valence-corrected chi connectivity index (χ0v) is 12.4. The molecule has 1 aromatic heterocycles. The van der Waals surface area contributed by atoms with E-state index in [0.717, 1.165) is 16.6 Å². The number of hydrogen-bond donors (Lipinski definition) is 1. The van der Waals surface area contributed by atoms with Gasteiger partial charge in [-0.15, -0.1) is 11.6 Å². The van der Waals surface area contributed by atoms with Gasteiger partial charge in [-0.2, -0.15) is 0 Å². The summed E-state index contributed by atoms with van der Waals surface area (Å²) in [7, 11) is 1.60. The summed E-state index contributed by atoms with van der Waals surface area (Å²) in [4.78, 5) is 16.4. The summed E-state index contributed by atoms with van der Waals surface area (Å²) >= 11 is 5.92. The quantitative estimate of drug-likeness (QED) is 0.653. The van der Waals surface area contributed by atoms with E-state index in [1.54, 1.807) is 7.11 Å². The molecule has 2 rings (SSSR count). The summed E-state index contributed by atoms with van der Waals surface area (Å²) in [5.41, 5.74) is 2.91. The fraction of sp³-hybridized carbons (Fsp3) is 0.429. The summed E-state index contributed by atoms with van der Waals surface area (Å²) in [6.45, 7) is 3.22. The van der Waals surface area contributed by atoms with E-state index in [0.29, 0.717) is 19.0 Å². The molecule has 0 aliphatic carbocycles. The van der Waals surface area contributed by atoms with Gasteiger partial charge in [0.15, 0.2) is 0 Å². The van der Waals surface area contributed by atoms with Crippen molar-refractivity contribution in [3.05, 3.63) is 29.6 Å². The number of nitrogens with zero attached hydrogens (tertiary/aromatic N) is 2. The van der Waals surface area contributed by atoms with Crippen molar-refractivity contribution >= 4 is 28.5 Å². The third kappa shape index (κ3) is 3.29. The average Bonchev–Trinajstić information content (AvgIpc) is 2.77. The highest BCUT2D eigenvalue weighted by Crippen LogP contribution is 2.19. The second-order valence-corrected chi connectivity index (χ2v) is 4.85. The summed E-state index contributed by atoms with van der Waals surface area (Å²) in [5.74, 6) is 0.905. The number of amides is 1. The van der Waals surface area contributed by atoms with Gasteiger partial charge in [0.2, 0.25) is 5.91 Å². The number of carbonyl (C=O) groups is 1. The Kier molecular flexibility index (Phi) is 4.98. The van der Waals surface area contributed by atoms with Crippen molar-refractivity contribution in [2.45, 2.75) is 19.3 Å². The second kappa shape index (κ2) is 6.72. The van der Waals surface area contributed by atoms with Crippen LogP contribution in [0.4, 0.5) is 0 Å². The van der Waals surface area contributed by atoms with E-state index < -0.39 is 0 Å². The Morgan fingerprint density at radius 2 is 2.30 bits per heavy atom. The molecule has 0 saturated carbocycles. The smallest absolute Gasteiger partial charge is 0.240 e. The summed E-state index contributed by atoms with van der Waals surface area (Å²) < 4.78 is 6.76. The van der Waals surface area contributed by atoms with Gasteiger partial charge >= 0.3 is 0 Å². The molecule has 108 valence electrons. The minimum absolute atomic E-state index is 0.0748. The van der Waals surface area contributed by atoms with Crippen molar-refractivity contribution in [3.8, 4) is 0 Å². The zero-order chi connectivity index (χ0) is 14.5. The number of methoxy groups -OCH3 is 1. The molecule has 0 aliphatic rings. The van der Waals surface area contributed by atoms with Gasteiger partial charge in [0.25, 0.3) is 0 Å². The van der Waals surface area contributed by atoms with E-state index in [9.17, 15) is 4.79 Å². The molecule has 1 heterocycles. The van der Waals surface area contributed by atoms with Crippen LogP contribution in [-0.2, 0) is 22.0 Å². The number of halogens is 1. The molecular formula is C14H18ClN3O2. The van der Waals surface area contributed by atoms with Crippen LogP contribution in [0.2, 0.25) is 0 Å². The lowest BCUT2D eigenvalue weighted by Crippen LogP contribution is -2.30. The Morgan fingerprint density at radius 1 is 1.50 bits per heavy atom. The average molecular weight is 296 g/mol. The predicted molar refractivity (Wildman–Crippen MR) is 78.9 cm³/mol. The molecule has 0 spiro atoms. The lowest BCUT2D eigenvalue weighted by atomic mass is 10.2. The molecule has 0 fully saturated rings. The SMILES string of the molecule is COCCNC(=O)Cn1c(CCl)nc2ccc(C)cc21. The molecule has 1 aromatic carbocycles. The number of ether oxygens (including phenoxy) is 1. The molecule has 20 heavy (non-hydrogen) atoms. The van der Waals surface area contributed by atoms with Crippen molar-refractivity contribution in [1.29, 1.82) is 0 Å². The number of benzene rings is 1. The highest BCUT2D eigenvalue weighted by molar-refractivity contribution is 6.16. The minimum atomic E-state index is -0.0748. The van der Waals surface area contributed by atoms with E-state index in [1.807, 2.05) is 29.7 Å². The number of carbonyl (C=O) groups excluding carboxylic acids is 1. The Morgan fingerprint density at radius 3 is 3.00 bits per heavy atom. The third-order valence-corrected chi connectivity index (χ3v) is 3.27. The lowest BCUT2D eigenvalue weighted by molar-refractivity contribution is -0.121. The molecular weight excluding hydrogens is 278 g/mol. The number of alkyl halides is 1. The van der Waals surface area contributed by atoms with Crippen molar-refractivity contribution in [1.82, 2.24) is 14.9 Å². The Hall–Kier alpha value is -1.59. The van der Waals surface area contributed by atoms with Gasteiger partial charge in [-0.05, 0) is 24.6 Å². The Balaban J connectivity index is 2.23. The zero-order valence-electron chi connectivity index (χ0n) is 11.6. The molecule has 1 N–H and O–H groups in total. The molecule has 1 amide bonds. The van der Waals surface area contributed by atoms with Gasteiger partial charge in [0.05, 0.1) is 23.5 Å². The lowest BCUT2D eigenvalue weighted by Gasteiger charge is -2.09. The van der Waals surface area contributed by atoms with Gasteiger partial charge in [-0.3, -0.25) is 4.79 Å². The maximum Gasteiger partial charge on any atom is 0.240 e. The van der Waals surface area contributed by atoms with Crippen LogP contribution in [0.25, 0.3) is 11.0 Å². The van der Waals surface area contributed by atoms with Crippen molar-refractivity contribution in [2.24, 2.45) is 0 Å². The van der Waals surface area contributed by atoms with Gasteiger partial charge in [0.1, 0.15) is 12.4 Å². The van der Waals surface area contributed by atoms with Crippen LogP contribution in [0, 0.1) is 6.92 Å². The number of imidazole rings is 1. The van der Waals surface area contributed by atoms with Gasteiger partial charge < -0.3 is 14.6 Å². The topological polar surface area (TPSA) is 56.1 Å². The molecule has 0 aliphatic heterocycles. The summed E-state index contributed by atoms with van der Waals surface area (Å²) in [6.07, 6.45) is 0. The van der Waals surface area contributed by atoms with Crippen LogP contribution in [0.1, 0.15) is 11.4 Å². The molecule has 5 nitrogen and oxygen atoms in total. The van der Waals surface area contributed by atoms with Gasteiger partial charge in [-0.1, -0.05) is 6.07 Å². The van der Waals surface area contributed by atoms with E-state index in [-0.39, 0.29) is 18.3 Å². The molecule has 6 heteroatoms. The van der Waals surface area contributed by atoms with Crippen LogP contribution >= 0.6 is 11.6 Å². The van der Waals surface area contributed by atoms with Crippen molar-refractivity contribution < 1.29 is 9.53 Å².